The van der Waals surface area contributed by atoms with Gasteiger partial charge in [0.25, 0.3) is 0 Å². The van der Waals surface area contributed by atoms with Crippen LogP contribution in [0.25, 0.3) is 9.88 Å². The number of nitrogens with one attached hydrogen (secondary N) is 1. The molecule has 6 heteroatoms. The van der Waals surface area contributed by atoms with Gasteiger partial charge >= 0.3 is 0 Å². The Balaban J connectivity index is 1.89. The Hall–Kier alpha value is -0.400. The van der Waals surface area contributed by atoms with Gasteiger partial charge < -0.3 is 10.4 Å². The summed E-state index contributed by atoms with van der Waals surface area (Å²) in [5.74, 6) is 1.02. The topological polar surface area (TPSA) is 45.1 Å². The van der Waals surface area contributed by atoms with Crippen LogP contribution in [-0.2, 0) is 6.54 Å². The third-order valence-electron chi connectivity index (χ3n) is 2.70. The highest BCUT2D eigenvalue weighted by atomic mass is 32.2. The number of thiazole rings is 1. The number of thiophene rings is 1. The molecule has 0 aliphatic rings. The van der Waals surface area contributed by atoms with E-state index in [1.165, 1.54) is 4.88 Å². The summed E-state index contributed by atoms with van der Waals surface area (Å²) in [5.41, 5.74) is 1.08. The van der Waals surface area contributed by atoms with Gasteiger partial charge in [-0.3, -0.25) is 0 Å². The standard InChI is InChI=1S/C13H18N2OS3/c1-17-8-10(4-5-16)14-7-11-9-19-13(15-11)12-3-2-6-18-12/h2-3,6,9-10,14,16H,4-5,7-8H2,1H3. The number of nitrogens with zero attached hydrogens (tertiary/aromatic N) is 1. The van der Waals surface area contributed by atoms with Crippen LogP contribution in [0, 0.1) is 0 Å². The number of hydrogen-bond donors (Lipinski definition) is 2. The van der Waals surface area contributed by atoms with Crippen molar-refractivity contribution in [3.8, 4) is 9.88 Å². The van der Waals surface area contributed by atoms with Crippen molar-refractivity contribution in [2.75, 3.05) is 18.6 Å². The molecular formula is C13H18N2OS3. The summed E-state index contributed by atoms with van der Waals surface area (Å²) >= 11 is 5.21. The van der Waals surface area contributed by atoms with Crippen molar-refractivity contribution in [1.82, 2.24) is 10.3 Å². The Morgan fingerprint density at radius 1 is 1.47 bits per heavy atom. The lowest BCUT2D eigenvalue weighted by molar-refractivity contribution is 0.269. The first-order valence-corrected chi connectivity index (χ1v) is 9.30. The molecule has 2 rings (SSSR count). The molecule has 1 unspecified atom stereocenters. The van der Waals surface area contributed by atoms with E-state index in [-0.39, 0.29) is 6.61 Å². The molecule has 2 heterocycles. The third-order valence-corrected chi connectivity index (χ3v) is 5.37. The molecule has 0 radical (unpaired) electrons. The number of aliphatic hydroxyl groups excluding tert-OH is 1. The largest absolute Gasteiger partial charge is 0.396 e. The fraction of sp³-hybridized carbons (Fsp3) is 0.462. The third kappa shape index (κ3) is 4.57. The first-order chi connectivity index (χ1) is 9.33. The molecule has 0 spiro atoms. The van der Waals surface area contributed by atoms with Crippen molar-refractivity contribution in [1.29, 1.82) is 0 Å². The van der Waals surface area contributed by atoms with Crippen molar-refractivity contribution < 1.29 is 5.11 Å². The Labute approximate surface area is 126 Å². The summed E-state index contributed by atoms with van der Waals surface area (Å²) in [6, 6.07) is 4.50. The van der Waals surface area contributed by atoms with Crippen molar-refractivity contribution in [2.45, 2.75) is 19.0 Å². The SMILES string of the molecule is CSCC(CCO)NCc1csc(-c2cccs2)n1. The van der Waals surface area contributed by atoms with Crippen LogP contribution in [0.2, 0.25) is 0 Å². The number of hydrogen-bond acceptors (Lipinski definition) is 6. The van der Waals surface area contributed by atoms with Crippen LogP contribution in [0.4, 0.5) is 0 Å². The van der Waals surface area contributed by atoms with E-state index < -0.39 is 0 Å². The Kier molecular flexibility index (Phi) is 6.33. The summed E-state index contributed by atoms with van der Waals surface area (Å²) in [5, 5.41) is 17.8. The number of aliphatic hydroxyl groups is 1. The zero-order valence-corrected chi connectivity index (χ0v) is 13.3. The Bertz CT molecular complexity index is 464. The molecule has 3 nitrogen and oxygen atoms in total. The molecule has 0 aliphatic carbocycles. The second-order valence-electron chi connectivity index (χ2n) is 4.17. The summed E-state index contributed by atoms with van der Waals surface area (Å²) in [4.78, 5) is 5.87. The van der Waals surface area contributed by atoms with Gasteiger partial charge in [-0.25, -0.2) is 4.98 Å². The van der Waals surface area contributed by atoms with Gasteiger partial charge in [0.05, 0.1) is 10.6 Å². The minimum absolute atomic E-state index is 0.232. The van der Waals surface area contributed by atoms with E-state index in [1.807, 2.05) is 0 Å². The molecule has 1 atom stereocenters. The van der Waals surface area contributed by atoms with Crippen LogP contribution >= 0.6 is 34.4 Å². The number of rotatable bonds is 8. The fourth-order valence-corrected chi connectivity index (χ4v) is 4.07. The molecule has 0 aromatic carbocycles. The highest BCUT2D eigenvalue weighted by molar-refractivity contribution is 7.98. The zero-order chi connectivity index (χ0) is 13.5. The van der Waals surface area contributed by atoms with Gasteiger partial charge in [-0.2, -0.15) is 11.8 Å². The van der Waals surface area contributed by atoms with E-state index in [0.29, 0.717) is 6.04 Å². The van der Waals surface area contributed by atoms with Gasteiger partial charge in [-0.05, 0) is 24.1 Å². The average molecular weight is 315 g/mol. The Morgan fingerprint density at radius 2 is 2.37 bits per heavy atom. The molecule has 19 heavy (non-hydrogen) atoms. The van der Waals surface area contributed by atoms with Gasteiger partial charge in [0.15, 0.2) is 0 Å². The van der Waals surface area contributed by atoms with Crippen molar-refractivity contribution in [3.05, 3.63) is 28.6 Å². The van der Waals surface area contributed by atoms with Crippen molar-refractivity contribution in [3.63, 3.8) is 0 Å². The molecule has 104 valence electrons. The van der Waals surface area contributed by atoms with Gasteiger partial charge in [0.2, 0.25) is 0 Å². The molecular weight excluding hydrogens is 296 g/mol. The summed E-state index contributed by atoms with van der Waals surface area (Å²) < 4.78 is 0. The van der Waals surface area contributed by atoms with Gasteiger partial charge in [0.1, 0.15) is 5.01 Å². The normalized spacial score (nSPS) is 12.7. The lowest BCUT2D eigenvalue weighted by atomic mass is 10.2. The smallest absolute Gasteiger partial charge is 0.133 e. The maximum atomic E-state index is 9.03. The first kappa shape index (κ1) is 15.0. The molecule has 0 saturated heterocycles. The van der Waals surface area contributed by atoms with Crippen LogP contribution in [0.5, 0.6) is 0 Å². The van der Waals surface area contributed by atoms with Gasteiger partial charge in [-0.15, -0.1) is 22.7 Å². The van der Waals surface area contributed by atoms with E-state index in [4.69, 9.17) is 5.11 Å². The van der Waals surface area contributed by atoms with Crippen LogP contribution in [0.1, 0.15) is 12.1 Å². The highest BCUT2D eigenvalue weighted by Gasteiger charge is 2.09. The maximum Gasteiger partial charge on any atom is 0.133 e. The molecule has 0 fully saturated rings. The lowest BCUT2D eigenvalue weighted by Crippen LogP contribution is -2.31. The van der Waals surface area contributed by atoms with Crippen LogP contribution in [-0.4, -0.2) is 34.7 Å². The summed E-state index contributed by atoms with van der Waals surface area (Å²) in [6.07, 6.45) is 2.88. The minimum atomic E-state index is 0.232. The second kappa shape index (κ2) is 8.01. The van der Waals surface area contributed by atoms with Gasteiger partial charge in [-0.1, -0.05) is 6.07 Å². The van der Waals surface area contributed by atoms with Crippen LogP contribution in [0.3, 0.4) is 0 Å². The average Bonchev–Trinajstić information content (AvgIpc) is 3.07. The molecule has 0 amide bonds. The predicted octanol–water partition coefficient (Wildman–Crippen LogP) is 3.08. The summed E-state index contributed by atoms with van der Waals surface area (Å²) in [7, 11) is 0. The monoisotopic (exact) mass is 314 g/mol. The zero-order valence-electron chi connectivity index (χ0n) is 10.8. The first-order valence-electron chi connectivity index (χ1n) is 6.15. The van der Waals surface area contributed by atoms with E-state index in [1.54, 1.807) is 34.4 Å². The minimum Gasteiger partial charge on any atom is -0.396 e. The van der Waals surface area contributed by atoms with Crippen LogP contribution < -0.4 is 5.32 Å². The van der Waals surface area contributed by atoms with Crippen molar-refractivity contribution >= 4 is 34.4 Å². The second-order valence-corrected chi connectivity index (χ2v) is 6.88. The maximum absolute atomic E-state index is 9.03. The van der Waals surface area contributed by atoms with Crippen LogP contribution in [0.15, 0.2) is 22.9 Å². The molecule has 0 bridgehead atoms. The summed E-state index contributed by atoms with van der Waals surface area (Å²) in [6.45, 7) is 1.00. The molecule has 2 aromatic heterocycles. The lowest BCUT2D eigenvalue weighted by Gasteiger charge is -2.15. The van der Waals surface area contributed by atoms with Gasteiger partial charge in [0, 0.05) is 30.3 Å². The highest BCUT2D eigenvalue weighted by Crippen LogP contribution is 2.27. The fourth-order valence-electron chi connectivity index (χ4n) is 1.75. The van der Waals surface area contributed by atoms with E-state index in [9.17, 15) is 0 Å². The quantitative estimate of drug-likeness (QED) is 0.786. The molecule has 2 aromatic rings. The van der Waals surface area contributed by atoms with E-state index in [0.717, 1.165) is 29.4 Å². The number of thioether (sulfide) groups is 1. The molecule has 2 N–H and O–H groups in total. The van der Waals surface area contributed by atoms with E-state index in [2.05, 4.69) is 39.4 Å². The molecule has 0 saturated carbocycles. The Morgan fingerprint density at radius 3 is 3.05 bits per heavy atom. The predicted molar refractivity (Wildman–Crippen MR) is 86.1 cm³/mol. The van der Waals surface area contributed by atoms with E-state index >= 15 is 0 Å². The van der Waals surface area contributed by atoms with Crippen molar-refractivity contribution in [2.24, 2.45) is 0 Å². The number of aromatic nitrogens is 1. The molecule has 0 aliphatic heterocycles.